The molecular formula is C16H26N2OS. The molecule has 1 aromatic heterocycles. The molecule has 0 spiro atoms. The van der Waals surface area contributed by atoms with Gasteiger partial charge in [-0.2, -0.15) is 0 Å². The SMILES string of the molecule is CC(C)CCCN1C(=O)C(C(C)C)NC1c1cccs1. The lowest BCUT2D eigenvalue weighted by Crippen LogP contribution is -2.35. The van der Waals surface area contributed by atoms with E-state index >= 15 is 0 Å². The van der Waals surface area contributed by atoms with Gasteiger partial charge in [0.05, 0.1) is 6.04 Å². The maximum atomic E-state index is 12.6. The molecule has 4 heteroatoms. The zero-order valence-electron chi connectivity index (χ0n) is 12.9. The van der Waals surface area contributed by atoms with Crippen LogP contribution in [0.15, 0.2) is 17.5 Å². The Hall–Kier alpha value is -0.870. The summed E-state index contributed by atoms with van der Waals surface area (Å²) in [6, 6.07) is 4.13. The normalized spacial score (nSPS) is 23.3. The van der Waals surface area contributed by atoms with E-state index in [0.29, 0.717) is 11.8 Å². The van der Waals surface area contributed by atoms with Gasteiger partial charge < -0.3 is 4.90 Å². The summed E-state index contributed by atoms with van der Waals surface area (Å²) < 4.78 is 0. The van der Waals surface area contributed by atoms with Crippen LogP contribution in [0.2, 0.25) is 0 Å². The quantitative estimate of drug-likeness (QED) is 0.869. The predicted molar refractivity (Wildman–Crippen MR) is 84.6 cm³/mol. The highest BCUT2D eigenvalue weighted by Gasteiger charge is 2.40. The number of hydrogen-bond acceptors (Lipinski definition) is 3. The summed E-state index contributed by atoms with van der Waals surface area (Å²) in [6.07, 6.45) is 2.33. The molecule has 1 aliphatic heterocycles. The van der Waals surface area contributed by atoms with Gasteiger partial charge in [-0.3, -0.25) is 10.1 Å². The molecule has 1 N–H and O–H groups in total. The van der Waals surface area contributed by atoms with Gasteiger partial charge in [-0.05, 0) is 36.1 Å². The van der Waals surface area contributed by atoms with Gasteiger partial charge in [0.2, 0.25) is 5.91 Å². The van der Waals surface area contributed by atoms with Crippen molar-refractivity contribution in [2.45, 2.75) is 52.7 Å². The van der Waals surface area contributed by atoms with Gasteiger partial charge in [0.15, 0.2) is 0 Å². The fourth-order valence-corrected chi connectivity index (χ4v) is 3.50. The molecule has 0 radical (unpaired) electrons. The van der Waals surface area contributed by atoms with Crippen LogP contribution in [0.25, 0.3) is 0 Å². The van der Waals surface area contributed by atoms with Crippen LogP contribution < -0.4 is 5.32 Å². The molecular weight excluding hydrogens is 268 g/mol. The highest BCUT2D eigenvalue weighted by atomic mass is 32.1. The van der Waals surface area contributed by atoms with Crippen molar-refractivity contribution in [1.29, 1.82) is 0 Å². The molecule has 0 aliphatic carbocycles. The van der Waals surface area contributed by atoms with Gasteiger partial charge in [-0.15, -0.1) is 11.3 Å². The lowest BCUT2D eigenvalue weighted by molar-refractivity contribution is -0.130. The molecule has 1 aliphatic rings. The lowest BCUT2D eigenvalue weighted by atomic mass is 10.0. The molecule has 1 fully saturated rings. The van der Waals surface area contributed by atoms with Crippen LogP contribution in [0.5, 0.6) is 0 Å². The molecule has 1 aromatic rings. The molecule has 1 amide bonds. The Labute approximate surface area is 126 Å². The minimum Gasteiger partial charge on any atom is -0.321 e. The van der Waals surface area contributed by atoms with E-state index in [-0.39, 0.29) is 18.1 Å². The summed E-state index contributed by atoms with van der Waals surface area (Å²) in [5, 5.41) is 5.60. The Morgan fingerprint density at radius 1 is 1.35 bits per heavy atom. The van der Waals surface area contributed by atoms with Crippen LogP contribution in [-0.4, -0.2) is 23.4 Å². The monoisotopic (exact) mass is 294 g/mol. The zero-order valence-corrected chi connectivity index (χ0v) is 13.7. The largest absolute Gasteiger partial charge is 0.321 e. The number of nitrogens with zero attached hydrogens (tertiary/aromatic N) is 1. The summed E-state index contributed by atoms with van der Waals surface area (Å²) in [5.41, 5.74) is 0. The van der Waals surface area contributed by atoms with Crippen molar-refractivity contribution in [3.8, 4) is 0 Å². The number of carbonyl (C=O) groups excluding carboxylic acids is 1. The minimum atomic E-state index is -0.0406. The standard InChI is InChI=1S/C16H26N2OS/c1-11(2)7-5-9-18-15(13-8-6-10-20-13)17-14(12(3)4)16(18)19/h6,8,10-12,14-15,17H,5,7,9H2,1-4H3. The third kappa shape index (κ3) is 3.41. The molecule has 2 unspecified atom stereocenters. The Morgan fingerprint density at radius 2 is 2.10 bits per heavy atom. The van der Waals surface area contributed by atoms with Crippen LogP contribution in [0.4, 0.5) is 0 Å². The second kappa shape index (κ2) is 6.72. The summed E-state index contributed by atoms with van der Waals surface area (Å²) in [7, 11) is 0. The summed E-state index contributed by atoms with van der Waals surface area (Å²) >= 11 is 1.72. The first-order valence-corrected chi connectivity index (χ1v) is 8.48. The molecule has 2 atom stereocenters. The van der Waals surface area contributed by atoms with Gasteiger partial charge in [0, 0.05) is 11.4 Å². The molecule has 0 aromatic carbocycles. The topological polar surface area (TPSA) is 32.3 Å². The van der Waals surface area contributed by atoms with Crippen LogP contribution in [-0.2, 0) is 4.79 Å². The first-order valence-electron chi connectivity index (χ1n) is 7.60. The molecule has 112 valence electrons. The van der Waals surface area contributed by atoms with Crippen molar-refractivity contribution in [3.05, 3.63) is 22.4 Å². The number of nitrogens with one attached hydrogen (secondary N) is 1. The Balaban J connectivity index is 2.09. The van der Waals surface area contributed by atoms with Gasteiger partial charge in [0.1, 0.15) is 6.17 Å². The van der Waals surface area contributed by atoms with Gasteiger partial charge in [-0.25, -0.2) is 0 Å². The fourth-order valence-electron chi connectivity index (χ4n) is 2.71. The van der Waals surface area contributed by atoms with Gasteiger partial charge in [0.25, 0.3) is 0 Å². The van der Waals surface area contributed by atoms with E-state index in [9.17, 15) is 4.79 Å². The van der Waals surface area contributed by atoms with Crippen LogP contribution in [0.3, 0.4) is 0 Å². The average Bonchev–Trinajstić information content (AvgIpc) is 2.97. The lowest BCUT2D eigenvalue weighted by Gasteiger charge is -2.23. The van der Waals surface area contributed by atoms with Crippen LogP contribution in [0.1, 0.15) is 51.6 Å². The Morgan fingerprint density at radius 3 is 2.65 bits per heavy atom. The number of amides is 1. The van der Waals surface area contributed by atoms with E-state index in [1.807, 2.05) is 4.90 Å². The zero-order chi connectivity index (χ0) is 14.7. The second-order valence-electron chi connectivity index (χ2n) is 6.37. The first-order chi connectivity index (χ1) is 9.50. The predicted octanol–water partition coefficient (Wildman–Crippen LogP) is 3.64. The number of rotatable bonds is 6. The van der Waals surface area contributed by atoms with E-state index in [4.69, 9.17) is 0 Å². The maximum absolute atomic E-state index is 12.6. The number of carbonyl (C=O) groups is 1. The second-order valence-corrected chi connectivity index (χ2v) is 7.35. The van der Waals surface area contributed by atoms with E-state index in [1.165, 1.54) is 11.3 Å². The van der Waals surface area contributed by atoms with E-state index in [2.05, 4.69) is 50.5 Å². The van der Waals surface area contributed by atoms with Crippen molar-refractivity contribution in [2.24, 2.45) is 11.8 Å². The molecule has 3 nitrogen and oxygen atoms in total. The summed E-state index contributed by atoms with van der Waals surface area (Å²) in [4.78, 5) is 15.9. The van der Waals surface area contributed by atoms with E-state index in [0.717, 1.165) is 13.0 Å². The van der Waals surface area contributed by atoms with Crippen LogP contribution in [0, 0.1) is 11.8 Å². The molecule has 1 saturated heterocycles. The highest BCUT2D eigenvalue weighted by Crippen LogP contribution is 2.31. The average molecular weight is 294 g/mol. The maximum Gasteiger partial charge on any atom is 0.241 e. The molecule has 0 bridgehead atoms. The van der Waals surface area contributed by atoms with Crippen LogP contribution >= 0.6 is 11.3 Å². The number of thiophene rings is 1. The first kappa shape index (κ1) is 15.5. The Bertz CT molecular complexity index is 428. The Kier molecular flexibility index (Phi) is 5.22. The van der Waals surface area contributed by atoms with Crippen molar-refractivity contribution in [1.82, 2.24) is 10.2 Å². The minimum absolute atomic E-state index is 0.0406. The van der Waals surface area contributed by atoms with Crippen molar-refractivity contribution >= 4 is 17.2 Å². The van der Waals surface area contributed by atoms with Gasteiger partial charge >= 0.3 is 0 Å². The third-order valence-electron chi connectivity index (χ3n) is 3.86. The summed E-state index contributed by atoms with van der Waals surface area (Å²) in [6.45, 7) is 9.54. The van der Waals surface area contributed by atoms with Crippen molar-refractivity contribution in [3.63, 3.8) is 0 Å². The fraction of sp³-hybridized carbons (Fsp3) is 0.688. The third-order valence-corrected chi connectivity index (χ3v) is 4.78. The molecule has 2 heterocycles. The highest BCUT2D eigenvalue weighted by molar-refractivity contribution is 7.10. The van der Waals surface area contributed by atoms with E-state index in [1.54, 1.807) is 11.3 Å². The number of hydrogen-bond donors (Lipinski definition) is 1. The molecule has 2 rings (SSSR count). The molecule has 20 heavy (non-hydrogen) atoms. The summed E-state index contributed by atoms with van der Waals surface area (Å²) in [5.74, 6) is 1.30. The van der Waals surface area contributed by atoms with Crippen molar-refractivity contribution in [2.75, 3.05) is 6.54 Å². The van der Waals surface area contributed by atoms with E-state index < -0.39 is 0 Å². The molecule has 0 saturated carbocycles. The van der Waals surface area contributed by atoms with Gasteiger partial charge in [-0.1, -0.05) is 33.8 Å². The van der Waals surface area contributed by atoms with Crippen molar-refractivity contribution < 1.29 is 4.79 Å². The smallest absolute Gasteiger partial charge is 0.241 e.